The van der Waals surface area contributed by atoms with E-state index in [9.17, 15) is 18.0 Å². The highest BCUT2D eigenvalue weighted by Gasteiger charge is 2.42. The molecule has 0 saturated carbocycles. The first-order valence-corrected chi connectivity index (χ1v) is 15.7. The van der Waals surface area contributed by atoms with E-state index in [2.05, 4.69) is 6.92 Å². The Hall–Kier alpha value is -3.42. The summed E-state index contributed by atoms with van der Waals surface area (Å²) in [7, 11) is 0. The molecule has 0 bridgehead atoms. The summed E-state index contributed by atoms with van der Waals surface area (Å²) < 4.78 is 81.1. The molecule has 3 rings (SSSR count). The van der Waals surface area contributed by atoms with Crippen LogP contribution < -0.4 is 4.74 Å². The lowest BCUT2D eigenvalue weighted by atomic mass is 9.98. The summed E-state index contributed by atoms with van der Waals surface area (Å²) in [5.41, 5.74) is 0.698. The third kappa shape index (κ3) is 10.6. The molecule has 0 saturated heterocycles. The second-order valence-corrected chi connectivity index (χ2v) is 11.1. The molecule has 0 radical (unpaired) electrons. The summed E-state index contributed by atoms with van der Waals surface area (Å²) in [5, 5.41) is 0. The van der Waals surface area contributed by atoms with Gasteiger partial charge in [-0.25, -0.2) is 13.6 Å². The van der Waals surface area contributed by atoms with E-state index >= 15 is 8.78 Å². The normalized spacial score (nSPS) is 12.2. The maximum atomic E-state index is 15.2. The minimum absolute atomic E-state index is 0.0371. The Labute approximate surface area is 257 Å². The second kappa shape index (κ2) is 17.8. The topological polar surface area (TPSA) is 35.5 Å². The van der Waals surface area contributed by atoms with E-state index in [1.54, 1.807) is 24.3 Å². The highest BCUT2D eigenvalue weighted by molar-refractivity contribution is 5.90. The number of carbonyl (C=O) groups excluding carboxylic acids is 1. The van der Waals surface area contributed by atoms with Crippen molar-refractivity contribution in [2.75, 3.05) is 6.61 Å². The van der Waals surface area contributed by atoms with Gasteiger partial charge in [-0.05, 0) is 54.7 Å². The predicted octanol–water partition coefficient (Wildman–Crippen LogP) is 11.5. The largest absolute Gasteiger partial charge is 0.494 e. The molecular weight excluding hydrogens is 575 g/mol. The Kier molecular flexibility index (Phi) is 14.2. The zero-order chi connectivity index (χ0) is 32.0. The molecule has 240 valence electrons. The van der Waals surface area contributed by atoms with Crippen molar-refractivity contribution in [2.45, 2.75) is 103 Å². The first-order chi connectivity index (χ1) is 21.2. The van der Waals surface area contributed by atoms with Gasteiger partial charge < -0.3 is 9.47 Å². The van der Waals surface area contributed by atoms with E-state index in [0.29, 0.717) is 30.8 Å². The summed E-state index contributed by atoms with van der Waals surface area (Å²) in [5.74, 6) is -2.56. The van der Waals surface area contributed by atoms with Gasteiger partial charge in [0.2, 0.25) is 0 Å². The standard InChI is InChI=1S/C36H43F5O3/c1-3-5-7-9-10-11-13-25-43-29-21-19-27(20-22-29)31-24-23-30(33(37)34(31)38)26-15-17-28(18-16-26)35(42)44-32(36(39,40)41)14-12-8-6-4-2/h15-24,32H,3-14,25H2,1-2H3. The van der Waals surface area contributed by atoms with Gasteiger partial charge in [0.25, 0.3) is 0 Å². The smallest absolute Gasteiger partial charge is 0.425 e. The van der Waals surface area contributed by atoms with Crippen molar-refractivity contribution in [1.82, 2.24) is 0 Å². The maximum Gasteiger partial charge on any atom is 0.425 e. The molecule has 3 aromatic rings. The fourth-order valence-electron chi connectivity index (χ4n) is 5.00. The Morgan fingerprint density at radius 3 is 1.66 bits per heavy atom. The van der Waals surface area contributed by atoms with Crippen LogP contribution in [-0.4, -0.2) is 24.9 Å². The molecule has 0 amide bonds. The molecule has 0 fully saturated rings. The van der Waals surface area contributed by atoms with E-state index in [1.807, 2.05) is 6.92 Å². The van der Waals surface area contributed by atoms with Crippen molar-refractivity contribution < 1.29 is 36.2 Å². The number of alkyl halides is 3. The van der Waals surface area contributed by atoms with Crippen LogP contribution in [0.3, 0.4) is 0 Å². The average Bonchev–Trinajstić information content (AvgIpc) is 3.01. The molecule has 44 heavy (non-hydrogen) atoms. The molecule has 1 unspecified atom stereocenters. The molecule has 0 aliphatic carbocycles. The number of hydrogen-bond donors (Lipinski definition) is 0. The zero-order valence-corrected chi connectivity index (χ0v) is 25.7. The van der Waals surface area contributed by atoms with Crippen LogP contribution in [0.5, 0.6) is 5.75 Å². The summed E-state index contributed by atoms with van der Waals surface area (Å²) in [6.45, 7) is 4.75. The van der Waals surface area contributed by atoms with Crippen LogP contribution in [0.15, 0.2) is 60.7 Å². The SMILES string of the molecule is CCCCCCCCCOc1ccc(-c2ccc(-c3ccc(C(=O)OC(CCCCCC)C(F)(F)F)cc3)c(F)c2F)cc1. The molecule has 0 aliphatic heterocycles. The van der Waals surface area contributed by atoms with Crippen molar-refractivity contribution in [3.8, 4) is 28.0 Å². The summed E-state index contributed by atoms with van der Waals surface area (Å²) in [4.78, 5) is 12.5. The fraction of sp³-hybridized carbons (Fsp3) is 0.472. The van der Waals surface area contributed by atoms with Gasteiger partial charge in [0, 0.05) is 11.1 Å². The number of benzene rings is 3. The minimum Gasteiger partial charge on any atom is -0.494 e. The van der Waals surface area contributed by atoms with E-state index < -0.39 is 29.9 Å². The Morgan fingerprint density at radius 2 is 1.14 bits per heavy atom. The molecule has 0 aliphatic rings. The number of halogens is 5. The summed E-state index contributed by atoms with van der Waals surface area (Å²) in [6, 6.07) is 14.9. The van der Waals surface area contributed by atoms with Gasteiger partial charge in [0.15, 0.2) is 17.7 Å². The first-order valence-electron chi connectivity index (χ1n) is 15.7. The van der Waals surface area contributed by atoms with E-state index in [4.69, 9.17) is 9.47 Å². The zero-order valence-electron chi connectivity index (χ0n) is 25.7. The van der Waals surface area contributed by atoms with Crippen LogP contribution in [0.4, 0.5) is 22.0 Å². The van der Waals surface area contributed by atoms with Gasteiger partial charge in [-0.3, -0.25) is 0 Å². The average molecular weight is 619 g/mol. The van der Waals surface area contributed by atoms with Crippen LogP contribution in [0.25, 0.3) is 22.3 Å². The molecule has 0 N–H and O–H groups in total. The number of esters is 1. The fourth-order valence-corrected chi connectivity index (χ4v) is 5.00. The molecule has 3 nitrogen and oxygen atoms in total. The number of unbranched alkanes of at least 4 members (excludes halogenated alkanes) is 9. The van der Waals surface area contributed by atoms with Gasteiger partial charge in [-0.1, -0.05) is 108 Å². The van der Waals surface area contributed by atoms with Crippen molar-refractivity contribution in [2.24, 2.45) is 0 Å². The number of ether oxygens (including phenoxy) is 2. The van der Waals surface area contributed by atoms with Crippen molar-refractivity contribution in [3.05, 3.63) is 77.9 Å². The lowest BCUT2D eigenvalue weighted by Gasteiger charge is -2.20. The number of carbonyl (C=O) groups is 1. The molecule has 3 aromatic carbocycles. The minimum atomic E-state index is -4.68. The molecule has 0 aromatic heterocycles. The van der Waals surface area contributed by atoms with E-state index in [-0.39, 0.29) is 28.7 Å². The van der Waals surface area contributed by atoms with Gasteiger partial charge in [-0.2, -0.15) is 13.2 Å². The molecule has 1 atom stereocenters. The van der Waals surface area contributed by atoms with Gasteiger partial charge >= 0.3 is 12.1 Å². The van der Waals surface area contributed by atoms with Crippen LogP contribution >= 0.6 is 0 Å². The highest BCUT2D eigenvalue weighted by atomic mass is 19.4. The lowest BCUT2D eigenvalue weighted by molar-refractivity contribution is -0.206. The van der Waals surface area contributed by atoms with Crippen LogP contribution in [-0.2, 0) is 4.74 Å². The van der Waals surface area contributed by atoms with Gasteiger partial charge in [0.05, 0.1) is 12.2 Å². The number of hydrogen-bond acceptors (Lipinski definition) is 3. The van der Waals surface area contributed by atoms with Gasteiger partial charge in [0.1, 0.15) is 5.75 Å². The Bertz CT molecular complexity index is 1290. The van der Waals surface area contributed by atoms with Gasteiger partial charge in [-0.15, -0.1) is 0 Å². The van der Waals surface area contributed by atoms with E-state index in [1.165, 1.54) is 68.5 Å². The van der Waals surface area contributed by atoms with Crippen LogP contribution in [0, 0.1) is 11.6 Å². The quantitative estimate of drug-likeness (QED) is 0.0808. The lowest BCUT2D eigenvalue weighted by Crippen LogP contribution is -2.33. The first kappa shape index (κ1) is 35.1. The second-order valence-electron chi connectivity index (χ2n) is 11.1. The van der Waals surface area contributed by atoms with Crippen molar-refractivity contribution >= 4 is 5.97 Å². The molecule has 0 heterocycles. The molecule has 8 heteroatoms. The monoisotopic (exact) mass is 618 g/mol. The molecule has 0 spiro atoms. The Balaban J connectivity index is 1.60. The predicted molar refractivity (Wildman–Crippen MR) is 165 cm³/mol. The third-order valence-corrected chi connectivity index (χ3v) is 7.63. The number of rotatable bonds is 18. The maximum absolute atomic E-state index is 15.2. The third-order valence-electron chi connectivity index (χ3n) is 7.63. The summed E-state index contributed by atoms with van der Waals surface area (Å²) >= 11 is 0. The van der Waals surface area contributed by atoms with Crippen LogP contribution in [0.1, 0.15) is 101 Å². The van der Waals surface area contributed by atoms with Crippen molar-refractivity contribution in [1.29, 1.82) is 0 Å². The van der Waals surface area contributed by atoms with Crippen molar-refractivity contribution in [3.63, 3.8) is 0 Å². The Morgan fingerprint density at radius 1 is 0.659 bits per heavy atom. The molecular formula is C36H43F5O3. The van der Waals surface area contributed by atoms with Crippen LogP contribution in [0.2, 0.25) is 0 Å². The highest BCUT2D eigenvalue weighted by Crippen LogP contribution is 2.33. The summed E-state index contributed by atoms with van der Waals surface area (Å²) in [6.07, 6.45) is 3.70. The van der Waals surface area contributed by atoms with E-state index in [0.717, 1.165) is 25.7 Å².